The largest absolute Gasteiger partial charge is 0.310 e. The van der Waals surface area contributed by atoms with E-state index < -0.39 is 0 Å². The molecule has 0 radical (unpaired) electrons. The summed E-state index contributed by atoms with van der Waals surface area (Å²) in [4.78, 5) is 13.2. The summed E-state index contributed by atoms with van der Waals surface area (Å²) in [5.41, 5.74) is 4.79. The molecule has 1 fully saturated rings. The molecule has 0 bridgehead atoms. The molecule has 0 aliphatic heterocycles. The molecule has 0 amide bonds. The number of aryl methyl sites for hydroxylation is 1. The standard InChI is InChI=1S/C23H25N5O/c1-2-18-20(16-10-6-5-7-11-16)22-25-24-21-19(28(22)26-18)14-15-27(23(21)29)17-12-8-3-4-9-13-17/h5-7,10-11,14-15,17H,2-4,8-9,12-13H2,1H3. The van der Waals surface area contributed by atoms with Gasteiger partial charge in [-0.1, -0.05) is 62.9 Å². The zero-order valence-electron chi connectivity index (χ0n) is 16.7. The Hall–Kier alpha value is -3.02. The van der Waals surface area contributed by atoms with Crippen molar-refractivity contribution in [2.24, 2.45) is 0 Å². The second-order valence-electron chi connectivity index (χ2n) is 7.88. The molecule has 3 heterocycles. The van der Waals surface area contributed by atoms with Crippen molar-refractivity contribution in [1.82, 2.24) is 24.4 Å². The van der Waals surface area contributed by atoms with Crippen molar-refractivity contribution < 1.29 is 0 Å². The van der Waals surface area contributed by atoms with E-state index in [-0.39, 0.29) is 11.6 Å². The molecule has 0 unspecified atom stereocenters. The Labute approximate surface area is 169 Å². The second-order valence-corrected chi connectivity index (χ2v) is 7.88. The van der Waals surface area contributed by atoms with Crippen molar-refractivity contribution in [3.05, 3.63) is 58.6 Å². The summed E-state index contributed by atoms with van der Waals surface area (Å²) < 4.78 is 3.67. The maximum Gasteiger partial charge on any atom is 0.280 e. The van der Waals surface area contributed by atoms with Crippen LogP contribution < -0.4 is 5.56 Å². The van der Waals surface area contributed by atoms with E-state index in [1.807, 2.05) is 35.0 Å². The number of hydrogen-bond acceptors (Lipinski definition) is 4. The Morgan fingerprint density at radius 1 is 1.00 bits per heavy atom. The van der Waals surface area contributed by atoms with Gasteiger partial charge in [-0.2, -0.15) is 5.10 Å². The van der Waals surface area contributed by atoms with E-state index in [0.717, 1.165) is 41.6 Å². The maximum absolute atomic E-state index is 13.2. The van der Waals surface area contributed by atoms with E-state index in [1.165, 1.54) is 25.7 Å². The summed E-state index contributed by atoms with van der Waals surface area (Å²) in [5.74, 6) is 0. The van der Waals surface area contributed by atoms with Crippen molar-refractivity contribution >= 4 is 16.7 Å². The summed E-state index contributed by atoms with van der Waals surface area (Å²) in [6.07, 6.45) is 9.70. The van der Waals surface area contributed by atoms with E-state index in [0.29, 0.717) is 11.2 Å². The molecule has 6 heteroatoms. The van der Waals surface area contributed by atoms with Crippen LogP contribution in [0.4, 0.5) is 0 Å². The molecule has 1 aliphatic rings. The van der Waals surface area contributed by atoms with Gasteiger partial charge >= 0.3 is 0 Å². The fourth-order valence-electron chi connectivity index (χ4n) is 4.58. The minimum Gasteiger partial charge on any atom is -0.310 e. The van der Waals surface area contributed by atoms with Crippen LogP contribution in [0, 0.1) is 0 Å². The van der Waals surface area contributed by atoms with E-state index in [2.05, 4.69) is 29.3 Å². The number of aromatic nitrogens is 5. The van der Waals surface area contributed by atoms with E-state index >= 15 is 0 Å². The highest BCUT2D eigenvalue weighted by Gasteiger charge is 2.21. The van der Waals surface area contributed by atoms with E-state index in [9.17, 15) is 4.79 Å². The molecule has 5 rings (SSSR count). The predicted molar refractivity (Wildman–Crippen MR) is 114 cm³/mol. The first-order valence-electron chi connectivity index (χ1n) is 10.6. The summed E-state index contributed by atoms with van der Waals surface area (Å²) in [6.45, 7) is 2.09. The van der Waals surface area contributed by atoms with E-state index in [1.54, 1.807) is 4.52 Å². The topological polar surface area (TPSA) is 65.1 Å². The molecular formula is C23H25N5O. The van der Waals surface area contributed by atoms with Crippen LogP contribution in [-0.2, 0) is 6.42 Å². The first-order chi connectivity index (χ1) is 14.3. The minimum atomic E-state index is -0.0568. The zero-order chi connectivity index (χ0) is 19.8. The van der Waals surface area contributed by atoms with Crippen LogP contribution in [0.1, 0.15) is 57.2 Å². The number of rotatable bonds is 3. The fraction of sp³-hybridized carbons (Fsp3) is 0.391. The average Bonchev–Trinajstić information content (AvgIpc) is 2.93. The zero-order valence-corrected chi connectivity index (χ0v) is 16.7. The van der Waals surface area contributed by atoms with Gasteiger partial charge in [0.1, 0.15) is 5.52 Å². The lowest BCUT2D eigenvalue weighted by atomic mass is 10.0. The quantitative estimate of drug-likeness (QED) is 0.483. The normalized spacial score (nSPS) is 15.8. The molecule has 1 saturated carbocycles. The number of hydrogen-bond donors (Lipinski definition) is 0. The molecule has 1 aliphatic carbocycles. The lowest BCUT2D eigenvalue weighted by molar-refractivity contribution is 0.433. The minimum absolute atomic E-state index is 0.0568. The van der Waals surface area contributed by atoms with Gasteiger partial charge < -0.3 is 4.57 Å². The molecule has 4 aromatic rings. The third-order valence-corrected chi connectivity index (χ3v) is 6.09. The van der Waals surface area contributed by atoms with Crippen LogP contribution in [0.15, 0.2) is 47.4 Å². The van der Waals surface area contributed by atoms with Crippen molar-refractivity contribution in [3.63, 3.8) is 0 Å². The van der Waals surface area contributed by atoms with Crippen LogP contribution >= 0.6 is 0 Å². The first kappa shape index (κ1) is 18.0. The predicted octanol–water partition coefficient (Wildman–Crippen LogP) is 4.56. The van der Waals surface area contributed by atoms with Gasteiger partial charge in [-0.25, -0.2) is 4.52 Å². The Morgan fingerprint density at radius 2 is 1.76 bits per heavy atom. The van der Waals surface area contributed by atoms with Crippen LogP contribution in [0.5, 0.6) is 0 Å². The Kier molecular flexibility index (Phi) is 4.62. The van der Waals surface area contributed by atoms with Gasteiger partial charge in [-0.15, -0.1) is 10.2 Å². The third kappa shape index (κ3) is 3.03. The number of pyridine rings is 1. The Balaban J connectivity index is 1.71. The molecule has 1 aromatic carbocycles. The molecule has 148 valence electrons. The van der Waals surface area contributed by atoms with E-state index in [4.69, 9.17) is 5.10 Å². The highest BCUT2D eigenvalue weighted by atomic mass is 16.1. The summed E-state index contributed by atoms with van der Waals surface area (Å²) in [6, 6.07) is 12.4. The summed E-state index contributed by atoms with van der Waals surface area (Å²) in [5, 5.41) is 13.6. The van der Waals surface area contributed by atoms with Gasteiger partial charge in [0.25, 0.3) is 5.56 Å². The molecule has 0 atom stereocenters. The summed E-state index contributed by atoms with van der Waals surface area (Å²) >= 11 is 0. The lowest BCUT2D eigenvalue weighted by Gasteiger charge is -2.17. The average molecular weight is 387 g/mol. The smallest absolute Gasteiger partial charge is 0.280 e. The second kappa shape index (κ2) is 7.43. The van der Waals surface area contributed by atoms with Gasteiger partial charge in [0.2, 0.25) is 0 Å². The molecular weight excluding hydrogens is 362 g/mol. The van der Waals surface area contributed by atoms with Crippen LogP contribution in [-0.4, -0.2) is 24.4 Å². The highest BCUT2D eigenvalue weighted by Crippen LogP contribution is 2.29. The molecule has 3 aromatic heterocycles. The number of fused-ring (bicyclic) bond motifs is 3. The third-order valence-electron chi connectivity index (χ3n) is 6.09. The summed E-state index contributed by atoms with van der Waals surface area (Å²) in [7, 11) is 0. The molecule has 29 heavy (non-hydrogen) atoms. The van der Waals surface area contributed by atoms with Gasteiger partial charge in [0, 0.05) is 12.2 Å². The van der Waals surface area contributed by atoms with Gasteiger partial charge in [-0.05, 0) is 30.9 Å². The molecule has 6 nitrogen and oxygen atoms in total. The highest BCUT2D eigenvalue weighted by molar-refractivity contribution is 5.84. The van der Waals surface area contributed by atoms with Gasteiger partial charge in [0.05, 0.1) is 11.3 Å². The van der Waals surface area contributed by atoms with Crippen LogP contribution in [0.3, 0.4) is 0 Å². The van der Waals surface area contributed by atoms with Crippen molar-refractivity contribution in [2.45, 2.75) is 57.9 Å². The lowest BCUT2D eigenvalue weighted by Crippen LogP contribution is -2.25. The van der Waals surface area contributed by atoms with Crippen molar-refractivity contribution in [1.29, 1.82) is 0 Å². The first-order valence-corrected chi connectivity index (χ1v) is 10.6. The van der Waals surface area contributed by atoms with Gasteiger partial charge in [-0.3, -0.25) is 4.79 Å². The molecule has 0 N–H and O–H groups in total. The number of nitrogens with zero attached hydrogens (tertiary/aromatic N) is 5. The monoisotopic (exact) mass is 387 g/mol. The molecule has 0 saturated heterocycles. The van der Waals surface area contributed by atoms with Crippen molar-refractivity contribution in [2.75, 3.05) is 0 Å². The van der Waals surface area contributed by atoms with Crippen molar-refractivity contribution in [3.8, 4) is 11.1 Å². The SMILES string of the molecule is CCc1nn2c(nnc3c(=O)n(C4CCCCCC4)ccc32)c1-c1ccccc1. The van der Waals surface area contributed by atoms with Crippen LogP contribution in [0.2, 0.25) is 0 Å². The van der Waals surface area contributed by atoms with Crippen LogP contribution in [0.25, 0.3) is 27.8 Å². The molecule has 0 spiro atoms. The fourth-order valence-corrected chi connectivity index (χ4v) is 4.58. The maximum atomic E-state index is 13.2. The van der Waals surface area contributed by atoms with Gasteiger partial charge in [0.15, 0.2) is 11.2 Å². The number of benzene rings is 1. The Bertz CT molecular complexity index is 1220. The Morgan fingerprint density at radius 3 is 2.48 bits per heavy atom.